The second-order valence-electron chi connectivity index (χ2n) is 4.27. The van der Waals surface area contributed by atoms with Crippen LogP contribution in [0.1, 0.15) is 24.9 Å². The monoisotopic (exact) mass is 432 g/mol. The number of benzene rings is 1. The van der Waals surface area contributed by atoms with Crippen molar-refractivity contribution in [2.45, 2.75) is 30.4 Å². The van der Waals surface area contributed by atoms with E-state index >= 15 is 0 Å². The highest BCUT2D eigenvalue weighted by atomic mass is 79.9. The molecule has 0 amide bonds. The van der Waals surface area contributed by atoms with Gasteiger partial charge in [0.15, 0.2) is 0 Å². The Morgan fingerprint density at radius 1 is 1.25 bits per heavy atom. The summed E-state index contributed by atoms with van der Waals surface area (Å²) in [4.78, 5) is 9.03. The van der Waals surface area contributed by atoms with Crippen molar-refractivity contribution in [3.63, 3.8) is 0 Å². The highest BCUT2D eigenvalue weighted by Gasteiger charge is 2.06. The maximum absolute atomic E-state index is 5.30. The number of hydrogen-bond donors (Lipinski definition) is 1. The number of rotatable bonds is 5. The van der Waals surface area contributed by atoms with Crippen LogP contribution in [0.2, 0.25) is 0 Å². The number of H-pyrrole nitrogens is 1. The fraction of sp³-hybridized carbons (Fsp3) is 0.286. The maximum Gasteiger partial charge on any atom is 0.144 e. The normalized spacial score (nSPS) is 10.8. The first-order chi connectivity index (χ1) is 9.60. The lowest BCUT2D eigenvalue weighted by Gasteiger charge is -2.07. The van der Waals surface area contributed by atoms with Gasteiger partial charge in [-0.2, -0.15) is 0 Å². The first-order valence-electron chi connectivity index (χ1n) is 6.26. The Labute approximate surface area is 145 Å². The van der Waals surface area contributed by atoms with Gasteiger partial charge in [-0.1, -0.05) is 41.5 Å². The largest absolute Gasteiger partial charge is 0.345 e. The molecule has 106 valence electrons. The van der Waals surface area contributed by atoms with Crippen molar-refractivity contribution >= 4 is 55.8 Å². The third kappa shape index (κ3) is 4.41. The van der Waals surface area contributed by atoms with Crippen LogP contribution in [0.4, 0.5) is 0 Å². The van der Waals surface area contributed by atoms with Gasteiger partial charge in [-0.15, -0.1) is 11.8 Å². The van der Waals surface area contributed by atoms with Crippen LogP contribution in [-0.2, 0) is 12.2 Å². The minimum Gasteiger partial charge on any atom is -0.345 e. The third-order valence-corrected chi connectivity index (χ3v) is 5.64. The molecule has 6 heteroatoms. The molecule has 0 atom stereocenters. The number of nitrogens with one attached hydrogen (secondary N) is 1. The lowest BCUT2D eigenvalue weighted by atomic mass is 10.2. The standard InChI is InChI=1S/C14H14Br2N2S2/c1-2-3-11-13(16)14(19)18-12(17-11)8-20-10-6-4-9(15)5-7-10/h4-7H,2-3,8H2,1H3,(H,17,18,19). The Balaban J connectivity index is 2.13. The molecule has 0 aliphatic heterocycles. The minimum atomic E-state index is 0.638. The second-order valence-corrected chi connectivity index (χ2v) is 7.42. The molecule has 1 aromatic heterocycles. The van der Waals surface area contributed by atoms with Crippen LogP contribution in [0, 0.1) is 4.64 Å². The van der Waals surface area contributed by atoms with E-state index in [0.29, 0.717) is 4.64 Å². The van der Waals surface area contributed by atoms with Crippen molar-refractivity contribution in [3.8, 4) is 0 Å². The molecule has 1 aromatic carbocycles. The van der Waals surface area contributed by atoms with E-state index < -0.39 is 0 Å². The predicted molar refractivity (Wildman–Crippen MR) is 94.8 cm³/mol. The van der Waals surface area contributed by atoms with Crippen LogP contribution >= 0.6 is 55.8 Å². The molecule has 1 heterocycles. The first kappa shape index (κ1) is 16.2. The number of aromatic amines is 1. The van der Waals surface area contributed by atoms with Gasteiger partial charge in [0.1, 0.15) is 10.5 Å². The van der Waals surface area contributed by atoms with Crippen LogP contribution in [0.5, 0.6) is 0 Å². The lowest BCUT2D eigenvalue weighted by molar-refractivity contribution is 0.842. The topological polar surface area (TPSA) is 28.7 Å². The molecule has 20 heavy (non-hydrogen) atoms. The number of halogens is 2. The predicted octanol–water partition coefficient (Wildman–Crippen LogP) is 5.91. The molecule has 2 aromatic rings. The van der Waals surface area contributed by atoms with Gasteiger partial charge in [-0.25, -0.2) is 4.98 Å². The molecule has 1 N–H and O–H groups in total. The van der Waals surface area contributed by atoms with Gasteiger partial charge in [0, 0.05) is 15.1 Å². The zero-order valence-corrected chi connectivity index (χ0v) is 15.8. The fourth-order valence-corrected chi connectivity index (χ4v) is 3.38. The van der Waals surface area contributed by atoms with Crippen molar-refractivity contribution < 1.29 is 0 Å². The number of aromatic nitrogens is 2. The van der Waals surface area contributed by atoms with Crippen molar-refractivity contribution in [3.05, 3.63) is 49.4 Å². The lowest BCUT2D eigenvalue weighted by Crippen LogP contribution is -2.00. The number of hydrogen-bond acceptors (Lipinski definition) is 3. The summed E-state index contributed by atoms with van der Waals surface area (Å²) in [5, 5.41) is 0. The molecule has 0 fully saturated rings. The van der Waals surface area contributed by atoms with E-state index in [2.05, 4.69) is 60.9 Å². The Morgan fingerprint density at radius 3 is 2.60 bits per heavy atom. The highest BCUT2D eigenvalue weighted by Crippen LogP contribution is 2.24. The molecule has 2 rings (SSSR count). The smallest absolute Gasteiger partial charge is 0.144 e. The summed E-state index contributed by atoms with van der Waals surface area (Å²) < 4.78 is 2.65. The van der Waals surface area contributed by atoms with E-state index in [0.717, 1.165) is 39.1 Å². The van der Waals surface area contributed by atoms with Crippen LogP contribution in [0.25, 0.3) is 0 Å². The molecule has 0 spiro atoms. The highest BCUT2D eigenvalue weighted by molar-refractivity contribution is 9.10. The van der Waals surface area contributed by atoms with Gasteiger partial charge in [-0.3, -0.25) is 0 Å². The zero-order chi connectivity index (χ0) is 14.5. The summed E-state index contributed by atoms with van der Waals surface area (Å²) in [5.74, 6) is 1.71. The van der Waals surface area contributed by atoms with Gasteiger partial charge < -0.3 is 4.98 Å². The maximum atomic E-state index is 5.30. The van der Waals surface area contributed by atoms with Crippen molar-refractivity contribution in [2.75, 3.05) is 0 Å². The molecule has 0 bridgehead atoms. The van der Waals surface area contributed by atoms with Crippen LogP contribution in [-0.4, -0.2) is 9.97 Å². The molecule has 0 radical (unpaired) electrons. The molecule has 0 aliphatic carbocycles. The number of thioether (sulfide) groups is 1. The number of nitrogens with zero attached hydrogens (tertiary/aromatic N) is 1. The quantitative estimate of drug-likeness (QED) is 0.469. The SMILES string of the molecule is CCCc1[nH]c(CSc2ccc(Br)cc2)nc(=S)c1Br. The van der Waals surface area contributed by atoms with Crippen LogP contribution in [0.3, 0.4) is 0 Å². The first-order valence-corrected chi connectivity index (χ1v) is 9.24. The summed E-state index contributed by atoms with van der Waals surface area (Å²) in [6.07, 6.45) is 2.05. The zero-order valence-electron chi connectivity index (χ0n) is 11.0. The molecule has 0 saturated carbocycles. The van der Waals surface area contributed by atoms with Crippen LogP contribution < -0.4 is 0 Å². The molecular weight excluding hydrogens is 420 g/mol. The average Bonchev–Trinajstić information content (AvgIpc) is 2.44. The van der Waals surface area contributed by atoms with Crippen molar-refractivity contribution in [1.29, 1.82) is 0 Å². The van der Waals surface area contributed by atoms with E-state index in [9.17, 15) is 0 Å². The molecule has 0 unspecified atom stereocenters. The minimum absolute atomic E-state index is 0.638. The van der Waals surface area contributed by atoms with Gasteiger partial charge in [0.2, 0.25) is 0 Å². The summed E-state index contributed by atoms with van der Waals surface area (Å²) >= 11 is 14.0. The van der Waals surface area contributed by atoms with Crippen molar-refractivity contribution in [2.24, 2.45) is 0 Å². The third-order valence-electron chi connectivity index (χ3n) is 2.67. The van der Waals surface area contributed by atoms with Crippen LogP contribution in [0.15, 0.2) is 38.1 Å². The van der Waals surface area contributed by atoms with Gasteiger partial charge in [0.05, 0.1) is 10.2 Å². The fourth-order valence-electron chi connectivity index (χ4n) is 1.73. The molecule has 2 nitrogen and oxygen atoms in total. The Kier molecular flexibility index (Phi) is 6.26. The van der Waals surface area contributed by atoms with Crippen molar-refractivity contribution in [1.82, 2.24) is 9.97 Å². The van der Waals surface area contributed by atoms with E-state index in [1.807, 2.05) is 12.1 Å². The van der Waals surface area contributed by atoms with E-state index in [4.69, 9.17) is 12.2 Å². The van der Waals surface area contributed by atoms with E-state index in [1.165, 1.54) is 4.90 Å². The van der Waals surface area contributed by atoms with Gasteiger partial charge in [0.25, 0.3) is 0 Å². The Bertz CT molecular complexity index is 639. The molecule has 0 aliphatic rings. The van der Waals surface area contributed by atoms with Gasteiger partial charge >= 0.3 is 0 Å². The van der Waals surface area contributed by atoms with E-state index in [-0.39, 0.29) is 0 Å². The Hall–Kier alpha value is -0.170. The number of aryl methyl sites for hydroxylation is 1. The molecular formula is C14H14Br2N2S2. The summed E-state index contributed by atoms with van der Waals surface area (Å²) in [5.41, 5.74) is 1.14. The van der Waals surface area contributed by atoms with Gasteiger partial charge in [-0.05, 0) is 46.6 Å². The second kappa shape index (κ2) is 7.73. The Morgan fingerprint density at radius 2 is 1.95 bits per heavy atom. The average molecular weight is 434 g/mol. The summed E-state index contributed by atoms with van der Waals surface area (Å²) in [6, 6.07) is 8.27. The summed E-state index contributed by atoms with van der Waals surface area (Å²) in [7, 11) is 0. The molecule has 0 saturated heterocycles. The van der Waals surface area contributed by atoms with E-state index in [1.54, 1.807) is 11.8 Å². The summed E-state index contributed by atoms with van der Waals surface area (Å²) in [6.45, 7) is 2.15.